The van der Waals surface area contributed by atoms with Gasteiger partial charge < -0.3 is 5.32 Å². The van der Waals surface area contributed by atoms with Crippen molar-refractivity contribution < 1.29 is 0 Å². The number of rotatable bonds is 8. The molecule has 1 N–H and O–H groups in total. The van der Waals surface area contributed by atoms with E-state index >= 15 is 0 Å². The molecule has 0 aromatic heterocycles. The molecule has 0 radical (unpaired) electrons. The Bertz CT molecular complexity index is 199. The minimum absolute atomic E-state index is 0.651. The first-order valence-corrected chi connectivity index (χ1v) is 8.18. The first-order chi connectivity index (χ1) is 8.69. The summed E-state index contributed by atoms with van der Waals surface area (Å²) >= 11 is 0. The molecule has 0 aromatic rings. The highest BCUT2D eigenvalue weighted by molar-refractivity contribution is 4.81. The zero-order valence-corrected chi connectivity index (χ0v) is 13.0. The smallest absolute Gasteiger partial charge is 0.00979 e. The average molecular weight is 254 g/mol. The van der Waals surface area contributed by atoms with Gasteiger partial charge in [0.2, 0.25) is 0 Å². The molecule has 0 aliphatic heterocycles. The predicted octanol–water partition coefficient (Wildman–Crippen LogP) is 3.81. The van der Waals surface area contributed by atoms with Crippen LogP contribution in [0.1, 0.15) is 72.6 Å². The summed E-state index contributed by atoms with van der Waals surface area (Å²) in [6, 6.07) is 2.23. The van der Waals surface area contributed by atoms with Crippen LogP contribution in [0.2, 0.25) is 0 Å². The van der Waals surface area contributed by atoms with Gasteiger partial charge in [-0.1, -0.05) is 33.1 Å². The van der Waals surface area contributed by atoms with Gasteiger partial charge in [-0.3, -0.25) is 4.90 Å². The van der Waals surface area contributed by atoms with Gasteiger partial charge in [-0.25, -0.2) is 0 Å². The number of nitrogens with one attached hydrogen (secondary N) is 1. The Morgan fingerprint density at radius 3 is 2.33 bits per heavy atom. The standard InChI is InChI=1S/C16H34N2/c1-5-12-17-14(3)13-15(4)18(6-2)16-10-8-7-9-11-16/h14-17H,5-13H2,1-4H3. The van der Waals surface area contributed by atoms with Gasteiger partial charge in [-0.05, 0) is 52.6 Å². The minimum atomic E-state index is 0.651. The summed E-state index contributed by atoms with van der Waals surface area (Å²) in [5, 5.41) is 3.62. The summed E-state index contributed by atoms with van der Waals surface area (Å²) in [5.41, 5.74) is 0. The summed E-state index contributed by atoms with van der Waals surface area (Å²) in [6.45, 7) is 11.7. The third-order valence-electron chi connectivity index (χ3n) is 4.41. The summed E-state index contributed by atoms with van der Waals surface area (Å²) in [6.07, 6.45) is 9.71. The Morgan fingerprint density at radius 1 is 1.11 bits per heavy atom. The van der Waals surface area contributed by atoms with Crippen molar-refractivity contribution in [1.82, 2.24) is 10.2 Å². The average Bonchev–Trinajstić information content (AvgIpc) is 2.38. The van der Waals surface area contributed by atoms with E-state index in [1.165, 1.54) is 51.5 Å². The van der Waals surface area contributed by atoms with Crippen LogP contribution in [0.15, 0.2) is 0 Å². The van der Waals surface area contributed by atoms with Gasteiger partial charge >= 0.3 is 0 Å². The van der Waals surface area contributed by atoms with Gasteiger partial charge in [0.15, 0.2) is 0 Å². The molecular weight excluding hydrogens is 220 g/mol. The molecule has 0 bridgehead atoms. The molecule has 1 rings (SSSR count). The third-order valence-corrected chi connectivity index (χ3v) is 4.41. The monoisotopic (exact) mass is 254 g/mol. The predicted molar refractivity (Wildman–Crippen MR) is 81.1 cm³/mol. The fourth-order valence-electron chi connectivity index (χ4n) is 3.46. The van der Waals surface area contributed by atoms with E-state index < -0.39 is 0 Å². The van der Waals surface area contributed by atoms with Crippen LogP contribution < -0.4 is 5.32 Å². The number of nitrogens with zero attached hydrogens (tertiary/aromatic N) is 1. The van der Waals surface area contributed by atoms with Crippen LogP contribution in [0.4, 0.5) is 0 Å². The van der Waals surface area contributed by atoms with Crippen LogP contribution in [0.5, 0.6) is 0 Å². The number of hydrogen-bond donors (Lipinski definition) is 1. The molecule has 108 valence electrons. The van der Waals surface area contributed by atoms with Gasteiger partial charge in [-0.2, -0.15) is 0 Å². The van der Waals surface area contributed by atoms with E-state index in [4.69, 9.17) is 0 Å². The molecule has 2 heteroatoms. The second-order valence-corrected chi connectivity index (χ2v) is 6.06. The largest absolute Gasteiger partial charge is 0.314 e. The van der Waals surface area contributed by atoms with Crippen molar-refractivity contribution in [2.45, 2.75) is 90.8 Å². The van der Waals surface area contributed by atoms with Gasteiger partial charge in [0.05, 0.1) is 0 Å². The molecule has 0 saturated heterocycles. The molecule has 1 aliphatic rings. The Balaban J connectivity index is 2.37. The van der Waals surface area contributed by atoms with Crippen LogP contribution in [0.3, 0.4) is 0 Å². The van der Waals surface area contributed by atoms with Crippen molar-refractivity contribution >= 4 is 0 Å². The van der Waals surface area contributed by atoms with Crippen molar-refractivity contribution in [1.29, 1.82) is 0 Å². The molecule has 0 heterocycles. The van der Waals surface area contributed by atoms with Crippen LogP contribution in [0, 0.1) is 0 Å². The maximum Gasteiger partial charge on any atom is 0.00979 e. The molecule has 0 spiro atoms. The molecule has 2 nitrogen and oxygen atoms in total. The van der Waals surface area contributed by atoms with E-state index in [0.29, 0.717) is 6.04 Å². The lowest BCUT2D eigenvalue weighted by atomic mass is 9.92. The van der Waals surface area contributed by atoms with Crippen LogP contribution >= 0.6 is 0 Å². The molecule has 2 atom stereocenters. The maximum atomic E-state index is 3.62. The Morgan fingerprint density at radius 2 is 1.78 bits per heavy atom. The van der Waals surface area contributed by atoms with E-state index in [2.05, 4.69) is 37.9 Å². The molecule has 2 unspecified atom stereocenters. The third kappa shape index (κ3) is 5.27. The van der Waals surface area contributed by atoms with Crippen LogP contribution in [0.25, 0.3) is 0 Å². The Kier molecular flexibility index (Phi) is 7.92. The van der Waals surface area contributed by atoms with Crippen LogP contribution in [-0.4, -0.2) is 36.1 Å². The molecule has 0 aromatic carbocycles. The minimum Gasteiger partial charge on any atom is -0.314 e. The van der Waals surface area contributed by atoms with Crippen molar-refractivity contribution in [2.24, 2.45) is 0 Å². The lowest BCUT2D eigenvalue weighted by molar-refractivity contribution is 0.108. The van der Waals surface area contributed by atoms with Crippen molar-refractivity contribution in [3.63, 3.8) is 0 Å². The molecular formula is C16H34N2. The van der Waals surface area contributed by atoms with Gasteiger partial charge in [-0.15, -0.1) is 0 Å². The second kappa shape index (κ2) is 8.92. The van der Waals surface area contributed by atoms with Gasteiger partial charge in [0.25, 0.3) is 0 Å². The van der Waals surface area contributed by atoms with Crippen LogP contribution in [-0.2, 0) is 0 Å². The summed E-state index contributed by atoms with van der Waals surface area (Å²) < 4.78 is 0. The van der Waals surface area contributed by atoms with E-state index in [1.807, 2.05) is 0 Å². The highest BCUT2D eigenvalue weighted by atomic mass is 15.2. The Hall–Kier alpha value is -0.0800. The maximum absolute atomic E-state index is 3.62. The van der Waals surface area contributed by atoms with Gasteiger partial charge in [0, 0.05) is 18.1 Å². The van der Waals surface area contributed by atoms with Crippen molar-refractivity contribution in [3.8, 4) is 0 Å². The van der Waals surface area contributed by atoms with Gasteiger partial charge in [0.1, 0.15) is 0 Å². The number of hydrogen-bond acceptors (Lipinski definition) is 2. The topological polar surface area (TPSA) is 15.3 Å². The summed E-state index contributed by atoms with van der Waals surface area (Å²) in [7, 11) is 0. The highest BCUT2D eigenvalue weighted by Gasteiger charge is 2.24. The zero-order valence-electron chi connectivity index (χ0n) is 13.0. The molecule has 0 amide bonds. The van der Waals surface area contributed by atoms with E-state index in [9.17, 15) is 0 Å². The fraction of sp³-hybridized carbons (Fsp3) is 1.00. The lowest BCUT2D eigenvalue weighted by Crippen LogP contribution is -2.45. The first-order valence-electron chi connectivity index (χ1n) is 8.18. The van der Waals surface area contributed by atoms with Crippen molar-refractivity contribution in [3.05, 3.63) is 0 Å². The van der Waals surface area contributed by atoms with E-state index in [1.54, 1.807) is 0 Å². The molecule has 1 aliphatic carbocycles. The Labute approximate surface area is 115 Å². The second-order valence-electron chi connectivity index (χ2n) is 6.06. The normalized spacial score (nSPS) is 21.2. The quantitative estimate of drug-likeness (QED) is 0.708. The van der Waals surface area contributed by atoms with E-state index in [-0.39, 0.29) is 0 Å². The lowest BCUT2D eigenvalue weighted by Gasteiger charge is -2.39. The zero-order chi connectivity index (χ0) is 13.4. The highest BCUT2D eigenvalue weighted by Crippen LogP contribution is 2.25. The first kappa shape index (κ1) is 16.0. The molecule has 18 heavy (non-hydrogen) atoms. The molecule has 1 saturated carbocycles. The van der Waals surface area contributed by atoms with Crippen molar-refractivity contribution in [2.75, 3.05) is 13.1 Å². The molecule has 1 fully saturated rings. The SMILES string of the molecule is CCCNC(C)CC(C)N(CC)C1CCCCC1. The van der Waals surface area contributed by atoms with E-state index in [0.717, 1.165) is 18.6 Å². The summed E-state index contributed by atoms with van der Waals surface area (Å²) in [5.74, 6) is 0. The fourth-order valence-corrected chi connectivity index (χ4v) is 3.46. The summed E-state index contributed by atoms with van der Waals surface area (Å²) in [4.78, 5) is 2.75.